The zero-order valence-electron chi connectivity index (χ0n) is 12.4. The van der Waals surface area contributed by atoms with Gasteiger partial charge in [0.1, 0.15) is 13.2 Å². The van der Waals surface area contributed by atoms with Crippen molar-refractivity contribution >= 4 is 11.9 Å². The summed E-state index contributed by atoms with van der Waals surface area (Å²) in [4.78, 5) is 24.5. The highest BCUT2D eigenvalue weighted by Crippen LogP contribution is 2.14. The van der Waals surface area contributed by atoms with Crippen LogP contribution >= 0.6 is 0 Å². The summed E-state index contributed by atoms with van der Waals surface area (Å²) < 4.78 is 6.97. The first kappa shape index (κ1) is 15.5. The van der Waals surface area contributed by atoms with E-state index in [4.69, 9.17) is 9.84 Å². The lowest BCUT2D eigenvalue weighted by Gasteiger charge is -2.31. The Kier molecular flexibility index (Phi) is 4.95. The van der Waals surface area contributed by atoms with Gasteiger partial charge in [0.05, 0.1) is 11.8 Å². The molecule has 1 amide bonds. The van der Waals surface area contributed by atoms with Crippen LogP contribution in [0.1, 0.15) is 24.2 Å². The Hall–Kier alpha value is -1.89. The second-order valence-electron chi connectivity index (χ2n) is 5.37. The summed E-state index contributed by atoms with van der Waals surface area (Å²) in [7, 11) is 0. The van der Waals surface area contributed by atoms with E-state index < -0.39 is 5.97 Å². The number of ether oxygens (including phenoxy) is 1. The molecule has 7 nitrogen and oxygen atoms in total. The summed E-state index contributed by atoms with van der Waals surface area (Å²) in [6.45, 7) is 5.01. The summed E-state index contributed by atoms with van der Waals surface area (Å²) >= 11 is 0. The molecular formula is C14H21N3O4. The van der Waals surface area contributed by atoms with Gasteiger partial charge in [-0.05, 0) is 32.8 Å². The third-order valence-corrected chi connectivity index (χ3v) is 3.63. The van der Waals surface area contributed by atoms with E-state index >= 15 is 0 Å². The molecule has 0 spiro atoms. The normalized spacial score (nSPS) is 16.2. The number of piperidine rings is 1. The van der Waals surface area contributed by atoms with Crippen molar-refractivity contribution < 1.29 is 19.4 Å². The van der Waals surface area contributed by atoms with Gasteiger partial charge < -0.3 is 14.7 Å². The maximum Gasteiger partial charge on any atom is 0.329 e. The van der Waals surface area contributed by atoms with E-state index in [-0.39, 0.29) is 25.2 Å². The Morgan fingerprint density at radius 1 is 1.38 bits per heavy atom. The standard InChI is InChI=1S/C14H21N3O4/c1-10-7-11(2)17(15-10)8-13(18)16-5-3-12(4-6-16)21-9-14(19)20/h7,12H,3-6,8-9H2,1-2H3,(H,19,20). The first-order chi connectivity index (χ1) is 9.95. The predicted octanol–water partition coefficient (Wildman–Crippen LogP) is 0.592. The average molecular weight is 295 g/mol. The minimum absolute atomic E-state index is 0.0397. The molecule has 0 saturated carbocycles. The van der Waals surface area contributed by atoms with Crippen LogP contribution < -0.4 is 0 Å². The number of carbonyl (C=O) groups excluding carboxylic acids is 1. The molecule has 0 aromatic carbocycles. The van der Waals surface area contributed by atoms with Crippen molar-refractivity contribution in [2.75, 3.05) is 19.7 Å². The van der Waals surface area contributed by atoms with Crippen LogP contribution in [0.25, 0.3) is 0 Å². The second-order valence-corrected chi connectivity index (χ2v) is 5.37. The minimum atomic E-state index is -0.960. The molecule has 0 aliphatic carbocycles. The summed E-state index contributed by atoms with van der Waals surface area (Å²) in [6.07, 6.45) is 1.28. The van der Waals surface area contributed by atoms with Gasteiger partial charge in [0.2, 0.25) is 5.91 Å². The molecular weight excluding hydrogens is 274 g/mol. The monoisotopic (exact) mass is 295 g/mol. The number of hydrogen-bond acceptors (Lipinski definition) is 4. The van der Waals surface area contributed by atoms with Crippen molar-refractivity contribution in [2.24, 2.45) is 0 Å². The lowest BCUT2D eigenvalue weighted by molar-refractivity contribution is -0.147. The Morgan fingerprint density at radius 3 is 2.57 bits per heavy atom. The lowest BCUT2D eigenvalue weighted by Crippen LogP contribution is -2.42. The Morgan fingerprint density at radius 2 is 2.05 bits per heavy atom. The number of likely N-dealkylation sites (tertiary alicyclic amines) is 1. The van der Waals surface area contributed by atoms with Gasteiger partial charge in [-0.3, -0.25) is 9.48 Å². The van der Waals surface area contributed by atoms with Crippen LogP contribution in [-0.4, -0.2) is 57.5 Å². The number of aryl methyl sites for hydroxylation is 2. The van der Waals surface area contributed by atoms with Gasteiger partial charge in [0, 0.05) is 18.8 Å². The van der Waals surface area contributed by atoms with Crippen molar-refractivity contribution in [1.82, 2.24) is 14.7 Å². The summed E-state index contributed by atoms with van der Waals surface area (Å²) in [6, 6.07) is 1.94. The number of carboxylic acids is 1. The summed E-state index contributed by atoms with van der Waals surface area (Å²) in [5, 5.41) is 12.9. The fourth-order valence-corrected chi connectivity index (χ4v) is 2.52. The smallest absolute Gasteiger partial charge is 0.329 e. The van der Waals surface area contributed by atoms with Gasteiger partial charge in [-0.1, -0.05) is 0 Å². The van der Waals surface area contributed by atoms with Crippen molar-refractivity contribution in [3.63, 3.8) is 0 Å². The van der Waals surface area contributed by atoms with Crippen LogP contribution in [0.3, 0.4) is 0 Å². The number of amides is 1. The lowest BCUT2D eigenvalue weighted by atomic mass is 10.1. The molecule has 2 heterocycles. The largest absolute Gasteiger partial charge is 0.480 e. The Bertz CT molecular complexity index is 518. The third kappa shape index (κ3) is 4.29. The van der Waals surface area contributed by atoms with Gasteiger partial charge >= 0.3 is 5.97 Å². The average Bonchev–Trinajstić information content (AvgIpc) is 2.75. The van der Waals surface area contributed by atoms with Gasteiger partial charge in [0.15, 0.2) is 0 Å². The Balaban J connectivity index is 1.80. The molecule has 116 valence electrons. The van der Waals surface area contributed by atoms with Crippen LogP contribution in [-0.2, 0) is 20.9 Å². The Labute approximate surface area is 123 Å². The van der Waals surface area contributed by atoms with E-state index in [2.05, 4.69) is 5.10 Å². The molecule has 0 bridgehead atoms. The van der Waals surface area contributed by atoms with Crippen molar-refractivity contribution in [2.45, 2.75) is 39.3 Å². The van der Waals surface area contributed by atoms with Crippen molar-refractivity contribution in [3.8, 4) is 0 Å². The van der Waals surface area contributed by atoms with E-state index in [1.807, 2.05) is 19.9 Å². The van der Waals surface area contributed by atoms with E-state index in [1.165, 1.54) is 0 Å². The first-order valence-electron chi connectivity index (χ1n) is 7.08. The molecule has 1 N–H and O–H groups in total. The predicted molar refractivity (Wildman–Crippen MR) is 74.9 cm³/mol. The molecule has 0 unspecified atom stereocenters. The van der Waals surface area contributed by atoms with E-state index in [1.54, 1.807) is 9.58 Å². The highest BCUT2D eigenvalue weighted by Gasteiger charge is 2.24. The van der Waals surface area contributed by atoms with E-state index in [9.17, 15) is 9.59 Å². The number of carbonyl (C=O) groups is 2. The van der Waals surface area contributed by atoms with Crippen LogP contribution in [0, 0.1) is 13.8 Å². The summed E-state index contributed by atoms with van der Waals surface area (Å²) in [5.41, 5.74) is 1.88. The number of carboxylic acid groups (broad SMARTS) is 1. The molecule has 1 aromatic rings. The van der Waals surface area contributed by atoms with Gasteiger partial charge in [-0.2, -0.15) is 5.10 Å². The number of nitrogens with zero attached hydrogens (tertiary/aromatic N) is 3. The minimum Gasteiger partial charge on any atom is -0.480 e. The molecule has 1 aliphatic heterocycles. The number of aliphatic carboxylic acids is 1. The third-order valence-electron chi connectivity index (χ3n) is 3.63. The second kappa shape index (κ2) is 6.71. The van der Waals surface area contributed by atoms with Crippen molar-refractivity contribution in [3.05, 3.63) is 17.5 Å². The van der Waals surface area contributed by atoms with Crippen LogP contribution in [0.4, 0.5) is 0 Å². The molecule has 21 heavy (non-hydrogen) atoms. The topological polar surface area (TPSA) is 84.7 Å². The van der Waals surface area contributed by atoms with Crippen LogP contribution in [0.5, 0.6) is 0 Å². The van der Waals surface area contributed by atoms with E-state index in [0.29, 0.717) is 25.9 Å². The summed E-state index contributed by atoms with van der Waals surface area (Å²) in [5.74, 6) is -0.920. The molecule has 2 rings (SSSR count). The maximum absolute atomic E-state index is 12.2. The fraction of sp³-hybridized carbons (Fsp3) is 0.643. The quantitative estimate of drug-likeness (QED) is 0.859. The van der Waals surface area contributed by atoms with Gasteiger partial charge in [-0.25, -0.2) is 4.79 Å². The highest BCUT2D eigenvalue weighted by atomic mass is 16.5. The molecule has 0 atom stereocenters. The van der Waals surface area contributed by atoms with Crippen molar-refractivity contribution in [1.29, 1.82) is 0 Å². The molecule has 0 radical (unpaired) electrons. The van der Waals surface area contributed by atoms with Crippen LogP contribution in [0.2, 0.25) is 0 Å². The molecule has 1 aromatic heterocycles. The SMILES string of the molecule is Cc1cc(C)n(CC(=O)N2CCC(OCC(=O)O)CC2)n1. The highest BCUT2D eigenvalue weighted by molar-refractivity contribution is 5.76. The zero-order chi connectivity index (χ0) is 15.4. The number of aromatic nitrogens is 2. The number of rotatable bonds is 5. The van der Waals surface area contributed by atoms with E-state index in [0.717, 1.165) is 11.4 Å². The molecule has 1 fully saturated rings. The molecule has 1 aliphatic rings. The molecule has 1 saturated heterocycles. The molecule has 7 heteroatoms. The first-order valence-corrected chi connectivity index (χ1v) is 7.08. The number of hydrogen-bond donors (Lipinski definition) is 1. The fourth-order valence-electron chi connectivity index (χ4n) is 2.52. The van der Waals surface area contributed by atoms with Gasteiger partial charge in [-0.15, -0.1) is 0 Å². The van der Waals surface area contributed by atoms with Crippen LogP contribution in [0.15, 0.2) is 6.07 Å². The van der Waals surface area contributed by atoms with Gasteiger partial charge in [0.25, 0.3) is 0 Å². The zero-order valence-corrected chi connectivity index (χ0v) is 12.4. The maximum atomic E-state index is 12.2.